The Bertz CT molecular complexity index is 442. The molecule has 0 fully saturated rings. The maximum Gasteiger partial charge on any atom is 0.315 e. The van der Waals surface area contributed by atoms with E-state index in [4.69, 9.17) is 13.7 Å². The second kappa shape index (κ2) is 6.72. The van der Waals surface area contributed by atoms with E-state index in [0.717, 1.165) is 6.54 Å². The van der Waals surface area contributed by atoms with Crippen molar-refractivity contribution >= 4 is 6.01 Å². The zero-order chi connectivity index (χ0) is 12.6. The Morgan fingerprint density at radius 2 is 2.28 bits per heavy atom. The summed E-state index contributed by atoms with van der Waals surface area (Å²) in [5.74, 6) is 1.22. The first kappa shape index (κ1) is 12.5. The Morgan fingerprint density at radius 1 is 1.33 bits per heavy atom. The molecule has 0 saturated carbocycles. The maximum absolute atomic E-state index is 5.36. The van der Waals surface area contributed by atoms with Gasteiger partial charge in [0.25, 0.3) is 0 Å². The maximum atomic E-state index is 5.36. The van der Waals surface area contributed by atoms with E-state index in [1.165, 1.54) is 0 Å². The summed E-state index contributed by atoms with van der Waals surface area (Å²) in [5.41, 5.74) is 0. The minimum Gasteiger partial charge on any atom is -0.407 e. The molecule has 0 aliphatic rings. The molecule has 2 aromatic heterocycles. The number of hydrogen-bond acceptors (Lipinski definition) is 8. The van der Waals surface area contributed by atoms with Crippen LogP contribution < -0.4 is 10.6 Å². The van der Waals surface area contributed by atoms with E-state index in [9.17, 15) is 0 Å². The molecule has 0 spiro atoms. The highest BCUT2D eigenvalue weighted by Crippen LogP contribution is 2.07. The highest BCUT2D eigenvalue weighted by Gasteiger charge is 2.05. The van der Waals surface area contributed by atoms with Crippen LogP contribution in [0.5, 0.6) is 0 Å². The largest absolute Gasteiger partial charge is 0.407 e. The van der Waals surface area contributed by atoms with E-state index >= 15 is 0 Å². The fraction of sp³-hybridized carbons (Fsp3) is 0.500. The average molecular weight is 253 g/mol. The van der Waals surface area contributed by atoms with Gasteiger partial charge in [0.15, 0.2) is 5.76 Å². The normalized spacial score (nSPS) is 10.7. The molecule has 2 aromatic rings. The number of rotatable bonds is 8. The highest BCUT2D eigenvalue weighted by atomic mass is 16.5. The van der Waals surface area contributed by atoms with Crippen molar-refractivity contribution in [1.29, 1.82) is 0 Å². The molecule has 2 N–H and O–H groups in total. The zero-order valence-electron chi connectivity index (χ0n) is 10.0. The van der Waals surface area contributed by atoms with Crippen LogP contribution in [0.25, 0.3) is 0 Å². The Hall–Kier alpha value is -1.93. The zero-order valence-corrected chi connectivity index (χ0v) is 10.0. The van der Waals surface area contributed by atoms with Crippen LogP contribution in [0.2, 0.25) is 0 Å². The number of aromatic nitrogens is 3. The predicted molar refractivity (Wildman–Crippen MR) is 61.7 cm³/mol. The summed E-state index contributed by atoms with van der Waals surface area (Å²) >= 11 is 0. The minimum absolute atomic E-state index is 0.356. The van der Waals surface area contributed by atoms with E-state index in [2.05, 4.69) is 26.0 Å². The number of nitrogens with one attached hydrogen (secondary N) is 2. The molecule has 0 aliphatic heterocycles. The van der Waals surface area contributed by atoms with Gasteiger partial charge in [-0.1, -0.05) is 10.3 Å². The lowest BCUT2D eigenvalue weighted by Crippen LogP contribution is -2.18. The van der Waals surface area contributed by atoms with Gasteiger partial charge in [0, 0.05) is 19.7 Å². The van der Waals surface area contributed by atoms with Gasteiger partial charge in [-0.3, -0.25) is 0 Å². The summed E-state index contributed by atoms with van der Waals surface area (Å²) < 4.78 is 15.2. The van der Waals surface area contributed by atoms with Gasteiger partial charge >= 0.3 is 6.01 Å². The van der Waals surface area contributed by atoms with Crippen molar-refractivity contribution < 1.29 is 13.7 Å². The Kier molecular flexibility index (Phi) is 4.68. The summed E-state index contributed by atoms with van der Waals surface area (Å²) in [5, 5.41) is 17.4. The molecule has 98 valence electrons. The van der Waals surface area contributed by atoms with E-state index < -0.39 is 0 Å². The standard InChI is InChI=1S/C10H15N5O3/c1-16-5-4-11-7-9-14-15-10(17-9)12-6-8-2-3-13-18-8/h2-3,11H,4-7H2,1H3,(H,12,15). The van der Waals surface area contributed by atoms with Crippen molar-refractivity contribution in [3.8, 4) is 0 Å². The van der Waals surface area contributed by atoms with Gasteiger partial charge in [-0.25, -0.2) is 0 Å². The Labute approximate surface area is 104 Å². The molecule has 0 saturated heterocycles. The fourth-order valence-electron chi connectivity index (χ4n) is 1.26. The van der Waals surface area contributed by atoms with E-state index in [-0.39, 0.29) is 0 Å². The molecule has 0 aromatic carbocycles. The monoisotopic (exact) mass is 253 g/mol. The summed E-state index contributed by atoms with van der Waals surface area (Å²) in [7, 11) is 1.65. The second-order valence-electron chi connectivity index (χ2n) is 3.50. The molecule has 18 heavy (non-hydrogen) atoms. The molecule has 0 aliphatic carbocycles. The van der Waals surface area contributed by atoms with Crippen LogP contribution in [-0.2, 0) is 17.8 Å². The van der Waals surface area contributed by atoms with Crippen molar-refractivity contribution in [2.45, 2.75) is 13.1 Å². The molecular weight excluding hydrogens is 238 g/mol. The average Bonchev–Trinajstić information content (AvgIpc) is 3.03. The molecule has 2 heterocycles. The Balaban J connectivity index is 1.72. The third-order valence-electron chi connectivity index (χ3n) is 2.13. The first-order chi connectivity index (χ1) is 8.88. The van der Waals surface area contributed by atoms with E-state index in [0.29, 0.717) is 37.4 Å². The van der Waals surface area contributed by atoms with Gasteiger partial charge < -0.3 is 24.3 Å². The molecule has 8 heteroatoms. The van der Waals surface area contributed by atoms with E-state index in [1.54, 1.807) is 19.4 Å². The van der Waals surface area contributed by atoms with Gasteiger partial charge in [0.1, 0.15) is 0 Å². The van der Waals surface area contributed by atoms with Crippen LogP contribution in [-0.4, -0.2) is 35.6 Å². The van der Waals surface area contributed by atoms with Gasteiger partial charge in [-0.15, -0.1) is 5.10 Å². The minimum atomic E-state index is 0.356. The Morgan fingerprint density at radius 3 is 3.06 bits per heavy atom. The van der Waals surface area contributed by atoms with Crippen molar-refractivity contribution in [2.24, 2.45) is 0 Å². The third-order valence-corrected chi connectivity index (χ3v) is 2.13. The number of hydrogen-bond donors (Lipinski definition) is 2. The predicted octanol–water partition coefficient (Wildman–Crippen LogP) is 0.406. The van der Waals surface area contributed by atoms with Crippen LogP contribution in [0, 0.1) is 0 Å². The van der Waals surface area contributed by atoms with Crippen LogP contribution >= 0.6 is 0 Å². The SMILES string of the molecule is COCCNCc1nnc(NCc2ccno2)o1. The third kappa shape index (κ3) is 3.82. The van der Waals surface area contributed by atoms with Crippen molar-refractivity contribution in [2.75, 3.05) is 25.6 Å². The summed E-state index contributed by atoms with van der Waals surface area (Å²) in [6.45, 7) is 2.35. The van der Waals surface area contributed by atoms with Crippen molar-refractivity contribution in [3.05, 3.63) is 23.9 Å². The molecule has 0 radical (unpaired) electrons. The molecule has 0 bridgehead atoms. The molecule has 2 rings (SSSR count). The molecule has 0 atom stereocenters. The summed E-state index contributed by atoms with van der Waals surface area (Å²) in [4.78, 5) is 0. The van der Waals surface area contributed by atoms with Crippen LogP contribution in [0.3, 0.4) is 0 Å². The van der Waals surface area contributed by atoms with Gasteiger partial charge in [0.2, 0.25) is 5.89 Å². The van der Waals surface area contributed by atoms with Gasteiger partial charge in [0.05, 0.1) is 25.9 Å². The van der Waals surface area contributed by atoms with Crippen LogP contribution in [0.15, 0.2) is 21.2 Å². The second-order valence-corrected chi connectivity index (χ2v) is 3.50. The lowest BCUT2D eigenvalue weighted by Gasteiger charge is -1.99. The van der Waals surface area contributed by atoms with Crippen molar-refractivity contribution in [3.63, 3.8) is 0 Å². The quantitative estimate of drug-likeness (QED) is 0.652. The van der Waals surface area contributed by atoms with Gasteiger partial charge in [-0.05, 0) is 0 Å². The fourth-order valence-corrected chi connectivity index (χ4v) is 1.26. The van der Waals surface area contributed by atoms with Crippen LogP contribution in [0.4, 0.5) is 6.01 Å². The summed E-state index contributed by atoms with van der Waals surface area (Å²) in [6, 6.07) is 2.12. The molecule has 0 unspecified atom stereocenters. The van der Waals surface area contributed by atoms with Crippen LogP contribution in [0.1, 0.15) is 11.7 Å². The number of ether oxygens (including phenoxy) is 1. The first-order valence-electron chi connectivity index (χ1n) is 5.54. The molecule has 8 nitrogen and oxygen atoms in total. The first-order valence-corrected chi connectivity index (χ1v) is 5.54. The number of methoxy groups -OCH3 is 1. The van der Waals surface area contributed by atoms with E-state index in [1.807, 2.05) is 0 Å². The van der Waals surface area contributed by atoms with Crippen molar-refractivity contribution in [1.82, 2.24) is 20.7 Å². The lowest BCUT2D eigenvalue weighted by molar-refractivity contribution is 0.198. The highest BCUT2D eigenvalue weighted by molar-refractivity contribution is 5.18. The topological polar surface area (TPSA) is 98.2 Å². The number of nitrogens with zero attached hydrogens (tertiary/aromatic N) is 3. The van der Waals surface area contributed by atoms with Gasteiger partial charge in [-0.2, -0.15) is 0 Å². The molecule has 0 amide bonds. The smallest absolute Gasteiger partial charge is 0.315 e. The number of anilines is 1. The molecular formula is C10H15N5O3. The summed E-state index contributed by atoms with van der Waals surface area (Å²) in [6.07, 6.45) is 1.58. The lowest BCUT2D eigenvalue weighted by atomic mass is 10.5.